The number of aromatic nitrogens is 2. The topological polar surface area (TPSA) is 47.0 Å². The van der Waals surface area contributed by atoms with E-state index in [1.807, 2.05) is 18.2 Å². The van der Waals surface area contributed by atoms with Crippen LogP contribution in [0.1, 0.15) is 5.56 Å². The van der Waals surface area contributed by atoms with Gasteiger partial charge in [0.1, 0.15) is 12.1 Å². The number of halogens is 1. The van der Waals surface area contributed by atoms with E-state index in [0.717, 1.165) is 28.0 Å². The molecule has 88 valence electrons. The van der Waals surface area contributed by atoms with Crippen molar-refractivity contribution in [2.24, 2.45) is 0 Å². The van der Waals surface area contributed by atoms with E-state index in [2.05, 4.69) is 31.2 Å². The maximum atomic E-state index is 5.18. The van der Waals surface area contributed by atoms with Gasteiger partial charge < -0.3 is 10.1 Å². The van der Waals surface area contributed by atoms with E-state index < -0.39 is 0 Å². The maximum absolute atomic E-state index is 5.18. The van der Waals surface area contributed by atoms with E-state index >= 15 is 0 Å². The molecule has 0 bridgehead atoms. The first-order chi connectivity index (χ1) is 8.29. The van der Waals surface area contributed by atoms with Gasteiger partial charge in [-0.25, -0.2) is 9.97 Å². The van der Waals surface area contributed by atoms with Crippen molar-refractivity contribution in [3.8, 4) is 5.75 Å². The first kappa shape index (κ1) is 11.9. The fourth-order valence-corrected chi connectivity index (χ4v) is 2.00. The van der Waals surface area contributed by atoms with Gasteiger partial charge >= 0.3 is 0 Å². The zero-order chi connectivity index (χ0) is 12.1. The van der Waals surface area contributed by atoms with Crippen molar-refractivity contribution >= 4 is 21.6 Å². The van der Waals surface area contributed by atoms with Crippen LogP contribution in [0.15, 0.2) is 41.4 Å². The van der Waals surface area contributed by atoms with E-state index in [4.69, 9.17) is 4.74 Å². The molecule has 5 heteroatoms. The molecule has 0 radical (unpaired) electrons. The number of anilines is 1. The summed E-state index contributed by atoms with van der Waals surface area (Å²) in [5, 5.41) is 3.24. The number of ether oxygens (including phenoxy) is 1. The van der Waals surface area contributed by atoms with E-state index in [1.54, 1.807) is 19.5 Å². The van der Waals surface area contributed by atoms with Crippen LogP contribution >= 0.6 is 15.9 Å². The van der Waals surface area contributed by atoms with Crippen molar-refractivity contribution < 1.29 is 4.74 Å². The summed E-state index contributed by atoms with van der Waals surface area (Å²) in [6.45, 7) is 0.718. The van der Waals surface area contributed by atoms with E-state index in [9.17, 15) is 0 Å². The summed E-state index contributed by atoms with van der Waals surface area (Å²) >= 11 is 3.46. The zero-order valence-electron chi connectivity index (χ0n) is 9.35. The molecule has 0 amide bonds. The van der Waals surface area contributed by atoms with Gasteiger partial charge in [-0.3, -0.25) is 0 Å². The number of methoxy groups -OCH3 is 1. The van der Waals surface area contributed by atoms with Crippen molar-refractivity contribution in [1.82, 2.24) is 9.97 Å². The summed E-state index contributed by atoms with van der Waals surface area (Å²) in [5.74, 6) is 0.830. The molecule has 0 spiro atoms. The molecule has 0 aliphatic rings. The van der Waals surface area contributed by atoms with E-state index in [1.165, 1.54) is 6.33 Å². The zero-order valence-corrected chi connectivity index (χ0v) is 10.9. The molecular weight excluding hydrogens is 282 g/mol. The molecule has 1 heterocycles. The lowest BCUT2D eigenvalue weighted by atomic mass is 10.2. The third-order valence-electron chi connectivity index (χ3n) is 2.27. The molecular formula is C12H12BrN3O. The molecule has 1 aromatic carbocycles. The molecule has 0 fully saturated rings. The van der Waals surface area contributed by atoms with Gasteiger partial charge in [-0.15, -0.1) is 0 Å². The average Bonchev–Trinajstić information content (AvgIpc) is 2.38. The number of rotatable bonds is 4. The van der Waals surface area contributed by atoms with Crippen LogP contribution in [0.3, 0.4) is 0 Å². The van der Waals surface area contributed by atoms with Crippen molar-refractivity contribution in [3.63, 3.8) is 0 Å². The molecule has 4 nitrogen and oxygen atoms in total. The molecule has 0 atom stereocenters. The van der Waals surface area contributed by atoms with Gasteiger partial charge in [0.25, 0.3) is 0 Å². The first-order valence-electron chi connectivity index (χ1n) is 5.11. The molecule has 0 aliphatic carbocycles. The Kier molecular flexibility index (Phi) is 3.93. The fraction of sp³-hybridized carbons (Fsp3) is 0.167. The lowest BCUT2D eigenvalue weighted by Gasteiger charge is -2.08. The van der Waals surface area contributed by atoms with Gasteiger partial charge in [0, 0.05) is 6.54 Å². The Bertz CT molecular complexity index is 490. The van der Waals surface area contributed by atoms with Crippen LogP contribution in [-0.4, -0.2) is 17.1 Å². The number of benzene rings is 1. The predicted octanol–water partition coefficient (Wildman–Crippen LogP) is 2.86. The van der Waals surface area contributed by atoms with Crippen molar-refractivity contribution in [3.05, 3.63) is 47.0 Å². The van der Waals surface area contributed by atoms with Gasteiger partial charge in [-0.1, -0.05) is 6.07 Å². The summed E-state index contributed by atoms with van der Waals surface area (Å²) in [6, 6.07) is 5.97. The summed E-state index contributed by atoms with van der Waals surface area (Å²) in [5.41, 5.74) is 2.06. The molecule has 1 aromatic heterocycles. The van der Waals surface area contributed by atoms with Crippen molar-refractivity contribution in [1.29, 1.82) is 0 Å². The molecule has 0 unspecified atom stereocenters. The largest absolute Gasteiger partial charge is 0.496 e. The summed E-state index contributed by atoms with van der Waals surface area (Å²) in [6.07, 6.45) is 4.99. The number of nitrogens with one attached hydrogen (secondary N) is 1. The van der Waals surface area contributed by atoms with Crippen LogP contribution in [0.5, 0.6) is 5.75 Å². The third kappa shape index (κ3) is 3.17. The highest BCUT2D eigenvalue weighted by atomic mass is 79.9. The van der Waals surface area contributed by atoms with E-state index in [-0.39, 0.29) is 0 Å². The smallest absolute Gasteiger partial charge is 0.133 e. The number of hydrogen-bond acceptors (Lipinski definition) is 4. The molecule has 1 N–H and O–H groups in total. The predicted molar refractivity (Wildman–Crippen MR) is 70.1 cm³/mol. The standard InChI is InChI=1S/C12H12BrN3O/c1-17-12-3-2-9(4-11(12)13)5-16-10-6-14-8-15-7-10/h2-4,6-8,16H,5H2,1H3. The fourth-order valence-electron chi connectivity index (χ4n) is 1.41. The summed E-state index contributed by atoms with van der Waals surface area (Å²) in [4.78, 5) is 7.88. The average molecular weight is 294 g/mol. The van der Waals surface area contributed by atoms with Gasteiger partial charge in [0.15, 0.2) is 0 Å². The lowest BCUT2D eigenvalue weighted by molar-refractivity contribution is 0.412. The van der Waals surface area contributed by atoms with Gasteiger partial charge in [-0.05, 0) is 33.6 Å². The minimum absolute atomic E-state index is 0.718. The maximum Gasteiger partial charge on any atom is 0.133 e. The monoisotopic (exact) mass is 293 g/mol. The van der Waals surface area contributed by atoms with Crippen LogP contribution < -0.4 is 10.1 Å². The van der Waals surface area contributed by atoms with Gasteiger partial charge in [0.05, 0.1) is 29.7 Å². The summed E-state index contributed by atoms with van der Waals surface area (Å²) in [7, 11) is 1.65. The Labute approximate surface area is 108 Å². The van der Waals surface area contributed by atoms with Crippen molar-refractivity contribution in [2.45, 2.75) is 6.54 Å². The molecule has 17 heavy (non-hydrogen) atoms. The molecule has 2 rings (SSSR count). The third-order valence-corrected chi connectivity index (χ3v) is 2.89. The van der Waals surface area contributed by atoms with Crippen LogP contribution in [0, 0.1) is 0 Å². The minimum Gasteiger partial charge on any atom is -0.496 e. The highest BCUT2D eigenvalue weighted by Crippen LogP contribution is 2.25. The second-order valence-electron chi connectivity index (χ2n) is 3.45. The number of nitrogens with zero attached hydrogens (tertiary/aromatic N) is 2. The van der Waals surface area contributed by atoms with Gasteiger partial charge in [-0.2, -0.15) is 0 Å². The Balaban J connectivity index is 2.02. The molecule has 0 aliphatic heterocycles. The Morgan fingerprint density at radius 2 is 2.06 bits per heavy atom. The lowest BCUT2D eigenvalue weighted by Crippen LogP contribution is -2.00. The SMILES string of the molecule is COc1ccc(CNc2cncnc2)cc1Br. The minimum atomic E-state index is 0.718. The van der Waals surface area contributed by atoms with Crippen LogP contribution in [0.4, 0.5) is 5.69 Å². The second-order valence-corrected chi connectivity index (χ2v) is 4.30. The summed E-state index contributed by atoms with van der Waals surface area (Å²) < 4.78 is 6.12. The molecule has 2 aromatic rings. The number of hydrogen-bond donors (Lipinski definition) is 1. The van der Waals surface area contributed by atoms with Crippen LogP contribution in [-0.2, 0) is 6.54 Å². The Hall–Kier alpha value is -1.62. The normalized spacial score (nSPS) is 10.0. The van der Waals surface area contributed by atoms with Crippen molar-refractivity contribution in [2.75, 3.05) is 12.4 Å². The molecule has 0 saturated carbocycles. The first-order valence-corrected chi connectivity index (χ1v) is 5.90. The van der Waals surface area contributed by atoms with E-state index in [0.29, 0.717) is 0 Å². The van der Waals surface area contributed by atoms with Crippen LogP contribution in [0.25, 0.3) is 0 Å². The van der Waals surface area contributed by atoms with Crippen LogP contribution in [0.2, 0.25) is 0 Å². The van der Waals surface area contributed by atoms with Gasteiger partial charge in [0.2, 0.25) is 0 Å². The highest BCUT2D eigenvalue weighted by molar-refractivity contribution is 9.10. The molecule has 0 saturated heterocycles. The Morgan fingerprint density at radius 1 is 1.29 bits per heavy atom. The second kappa shape index (κ2) is 5.63. The highest BCUT2D eigenvalue weighted by Gasteiger charge is 2.01. The quantitative estimate of drug-likeness (QED) is 0.942. The Morgan fingerprint density at radius 3 is 2.71 bits per heavy atom.